The molecule has 26 heavy (non-hydrogen) atoms. The number of thiazole rings is 1. The van der Waals surface area contributed by atoms with Crippen molar-refractivity contribution in [2.45, 2.75) is 20.4 Å². The zero-order valence-electron chi connectivity index (χ0n) is 14.6. The van der Waals surface area contributed by atoms with Gasteiger partial charge in [-0.1, -0.05) is 17.7 Å². The molecule has 0 saturated heterocycles. The molecule has 0 atom stereocenters. The number of hydrogen-bond donors (Lipinski definition) is 2. The van der Waals surface area contributed by atoms with E-state index in [-0.39, 0.29) is 11.7 Å². The van der Waals surface area contributed by atoms with Gasteiger partial charge in [0.1, 0.15) is 0 Å². The van der Waals surface area contributed by atoms with E-state index in [9.17, 15) is 9.59 Å². The van der Waals surface area contributed by atoms with Gasteiger partial charge >= 0.3 is 0 Å². The molecule has 1 amide bonds. The summed E-state index contributed by atoms with van der Waals surface area (Å²) in [6.07, 6.45) is 0. The summed E-state index contributed by atoms with van der Waals surface area (Å²) in [6.45, 7) is 3.90. The van der Waals surface area contributed by atoms with Gasteiger partial charge in [0.25, 0.3) is 5.91 Å². The standard InChI is InChI=1S/C20H19N3O2S/c1-13-3-5-16(6-4-13)19(25)21-11-18-12-26-20(23-18)22-17-9-7-15(8-10-17)14(2)24/h3-10,12H,11H2,1-2H3,(H,21,25)(H,22,23). The van der Waals surface area contributed by atoms with Crippen molar-refractivity contribution < 1.29 is 9.59 Å². The zero-order chi connectivity index (χ0) is 18.5. The SMILES string of the molecule is CC(=O)c1ccc(Nc2nc(CNC(=O)c3ccc(C)cc3)cs2)cc1. The van der Waals surface area contributed by atoms with Crippen LogP contribution in [0.25, 0.3) is 0 Å². The Morgan fingerprint density at radius 2 is 1.65 bits per heavy atom. The number of carbonyl (C=O) groups excluding carboxylic acids is 2. The van der Waals surface area contributed by atoms with Crippen molar-refractivity contribution in [2.24, 2.45) is 0 Å². The highest BCUT2D eigenvalue weighted by Gasteiger charge is 2.07. The number of nitrogens with zero attached hydrogens (tertiary/aromatic N) is 1. The summed E-state index contributed by atoms with van der Waals surface area (Å²) < 4.78 is 0. The van der Waals surface area contributed by atoms with Crippen molar-refractivity contribution in [1.82, 2.24) is 10.3 Å². The molecule has 0 fully saturated rings. The smallest absolute Gasteiger partial charge is 0.251 e. The third-order valence-corrected chi connectivity index (χ3v) is 4.64. The highest BCUT2D eigenvalue weighted by Crippen LogP contribution is 2.21. The molecule has 2 aromatic carbocycles. The molecule has 0 aliphatic heterocycles. The summed E-state index contributed by atoms with van der Waals surface area (Å²) in [5, 5.41) is 8.71. The number of aromatic nitrogens is 1. The van der Waals surface area contributed by atoms with Crippen LogP contribution in [0.5, 0.6) is 0 Å². The number of ketones is 1. The average Bonchev–Trinajstić information content (AvgIpc) is 3.08. The fourth-order valence-corrected chi connectivity index (χ4v) is 3.07. The molecule has 1 heterocycles. The van der Waals surface area contributed by atoms with Gasteiger partial charge in [0.05, 0.1) is 12.2 Å². The topological polar surface area (TPSA) is 71.1 Å². The maximum atomic E-state index is 12.1. The number of Topliss-reactive ketones (excluding diaryl/α,β-unsaturated/α-hetero) is 1. The van der Waals surface area contributed by atoms with Crippen LogP contribution in [-0.2, 0) is 6.54 Å². The molecule has 5 nitrogen and oxygen atoms in total. The Morgan fingerprint density at radius 1 is 1.00 bits per heavy atom. The molecule has 0 spiro atoms. The third-order valence-electron chi connectivity index (χ3n) is 3.84. The zero-order valence-corrected chi connectivity index (χ0v) is 15.4. The number of anilines is 2. The minimum absolute atomic E-state index is 0.0393. The Bertz CT molecular complexity index is 915. The number of benzene rings is 2. The number of hydrogen-bond acceptors (Lipinski definition) is 5. The molecule has 3 aromatic rings. The first-order chi connectivity index (χ1) is 12.5. The first-order valence-corrected chi connectivity index (χ1v) is 9.06. The van der Waals surface area contributed by atoms with Gasteiger partial charge in [-0.05, 0) is 50.2 Å². The largest absolute Gasteiger partial charge is 0.346 e. The minimum atomic E-state index is -0.118. The third kappa shape index (κ3) is 4.55. The molecular weight excluding hydrogens is 346 g/mol. The summed E-state index contributed by atoms with van der Waals surface area (Å²) >= 11 is 1.46. The summed E-state index contributed by atoms with van der Waals surface area (Å²) in [5.74, 6) is -0.0790. The van der Waals surface area contributed by atoms with E-state index >= 15 is 0 Å². The van der Waals surface area contributed by atoms with Gasteiger partial charge in [-0.15, -0.1) is 11.3 Å². The molecule has 2 N–H and O–H groups in total. The maximum Gasteiger partial charge on any atom is 0.251 e. The van der Waals surface area contributed by atoms with E-state index in [1.165, 1.54) is 11.3 Å². The van der Waals surface area contributed by atoms with E-state index in [0.29, 0.717) is 17.7 Å². The molecule has 0 aliphatic carbocycles. The van der Waals surface area contributed by atoms with Gasteiger partial charge in [0.15, 0.2) is 10.9 Å². The van der Waals surface area contributed by atoms with Gasteiger partial charge in [-0.2, -0.15) is 0 Å². The molecule has 0 unspecified atom stereocenters. The lowest BCUT2D eigenvalue weighted by molar-refractivity contribution is 0.0949. The van der Waals surface area contributed by atoms with Crippen molar-refractivity contribution in [1.29, 1.82) is 0 Å². The van der Waals surface area contributed by atoms with E-state index < -0.39 is 0 Å². The van der Waals surface area contributed by atoms with Crippen LogP contribution in [0.1, 0.15) is 38.9 Å². The van der Waals surface area contributed by atoms with E-state index in [1.807, 2.05) is 48.7 Å². The Morgan fingerprint density at radius 3 is 2.31 bits per heavy atom. The quantitative estimate of drug-likeness (QED) is 0.638. The maximum absolute atomic E-state index is 12.1. The van der Waals surface area contributed by atoms with Gasteiger partial charge in [0.2, 0.25) is 0 Å². The Hall–Kier alpha value is -2.99. The Kier molecular flexibility index (Phi) is 5.43. The first-order valence-electron chi connectivity index (χ1n) is 8.18. The first kappa shape index (κ1) is 17.8. The van der Waals surface area contributed by atoms with Crippen LogP contribution < -0.4 is 10.6 Å². The van der Waals surface area contributed by atoms with Crippen LogP contribution in [0.15, 0.2) is 53.9 Å². The number of nitrogens with one attached hydrogen (secondary N) is 2. The summed E-state index contributed by atoms with van der Waals surface area (Å²) in [6, 6.07) is 14.7. The van der Waals surface area contributed by atoms with Gasteiger partial charge in [-0.25, -0.2) is 4.98 Å². The Labute approximate surface area is 156 Å². The van der Waals surface area contributed by atoms with E-state index in [0.717, 1.165) is 22.1 Å². The van der Waals surface area contributed by atoms with Crippen molar-refractivity contribution >= 4 is 33.8 Å². The molecule has 6 heteroatoms. The molecule has 0 bridgehead atoms. The van der Waals surface area contributed by atoms with Crippen molar-refractivity contribution in [2.75, 3.05) is 5.32 Å². The molecule has 0 aliphatic rings. The second-order valence-electron chi connectivity index (χ2n) is 5.95. The fraction of sp³-hybridized carbons (Fsp3) is 0.150. The van der Waals surface area contributed by atoms with Crippen LogP contribution in [0.4, 0.5) is 10.8 Å². The molecule has 0 saturated carbocycles. The van der Waals surface area contributed by atoms with E-state index in [2.05, 4.69) is 15.6 Å². The van der Waals surface area contributed by atoms with Crippen LogP contribution in [0.3, 0.4) is 0 Å². The van der Waals surface area contributed by atoms with Crippen LogP contribution >= 0.6 is 11.3 Å². The lowest BCUT2D eigenvalue weighted by atomic mass is 10.1. The predicted octanol–water partition coefficient (Wildman–Crippen LogP) is 4.33. The van der Waals surface area contributed by atoms with Crippen LogP contribution in [-0.4, -0.2) is 16.7 Å². The molecular formula is C20H19N3O2S. The normalized spacial score (nSPS) is 10.4. The Balaban J connectivity index is 1.56. The number of aryl methyl sites for hydroxylation is 1. The van der Waals surface area contributed by atoms with E-state index in [1.54, 1.807) is 19.1 Å². The van der Waals surface area contributed by atoms with Gasteiger partial charge in [-0.3, -0.25) is 9.59 Å². The van der Waals surface area contributed by atoms with Gasteiger partial charge < -0.3 is 10.6 Å². The van der Waals surface area contributed by atoms with Gasteiger partial charge in [0, 0.05) is 22.2 Å². The lowest BCUT2D eigenvalue weighted by Crippen LogP contribution is -2.22. The number of amides is 1. The molecule has 1 aromatic heterocycles. The molecule has 132 valence electrons. The van der Waals surface area contributed by atoms with Crippen molar-refractivity contribution in [3.05, 3.63) is 76.3 Å². The monoisotopic (exact) mass is 365 g/mol. The van der Waals surface area contributed by atoms with E-state index in [4.69, 9.17) is 0 Å². The molecule has 0 radical (unpaired) electrons. The average molecular weight is 365 g/mol. The van der Waals surface area contributed by atoms with Crippen molar-refractivity contribution in [3.8, 4) is 0 Å². The summed E-state index contributed by atoms with van der Waals surface area (Å²) in [7, 11) is 0. The number of rotatable bonds is 6. The fourth-order valence-electron chi connectivity index (χ4n) is 2.34. The minimum Gasteiger partial charge on any atom is -0.346 e. The predicted molar refractivity (Wildman–Crippen MR) is 104 cm³/mol. The van der Waals surface area contributed by atoms with Crippen molar-refractivity contribution in [3.63, 3.8) is 0 Å². The summed E-state index contributed by atoms with van der Waals surface area (Å²) in [5.41, 5.74) is 4.08. The van der Waals surface area contributed by atoms with Crippen LogP contribution in [0, 0.1) is 6.92 Å². The second-order valence-corrected chi connectivity index (χ2v) is 6.81. The highest BCUT2D eigenvalue weighted by molar-refractivity contribution is 7.13. The summed E-state index contributed by atoms with van der Waals surface area (Å²) in [4.78, 5) is 27.9. The highest BCUT2D eigenvalue weighted by atomic mass is 32.1. The number of carbonyl (C=O) groups is 2. The van der Waals surface area contributed by atoms with Crippen LogP contribution in [0.2, 0.25) is 0 Å². The molecule has 3 rings (SSSR count). The lowest BCUT2D eigenvalue weighted by Gasteiger charge is -2.04. The second kappa shape index (κ2) is 7.93.